The number of aromatic amines is 1. The van der Waals surface area contributed by atoms with Gasteiger partial charge in [0.15, 0.2) is 5.69 Å². The molecule has 2 aliphatic carbocycles. The fourth-order valence-electron chi connectivity index (χ4n) is 2.39. The van der Waals surface area contributed by atoms with Crippen LogP contribution in [0.3, 0.4) is 0 Å². The molecule has 1 saturated carbocycles. The Balaban J connectivity index is 1.95. The smallest absolute Gasteiger partial charge is 0.359 e. The Kier molecular flexibility index (Phi) is 1.48. The highest BCUT2D eigenvalue weighted by atomic mass is 16.5. The predicted molar refractivity (Wildman–Crippen MR) is 49.1 cm³/mol. The van der Waals surface area contributed by atoms with Crippen LogP contribution in [0.15, 0.2) is 0 Å². The Morgan fingerprint density at radius 1 is 1.71 bits per heavy atom. The van der Waals surface area contributed by atoms with Crippen LogP contribution in [0.1, 0.15) is 41.0 Å². The largest absolute Gasteiger partial charge is 0.461 e. The minimum Gasteiger partial charge on any atom is -0.461 e. The van der Waals surface area contributed by atoms with Crippen LogP contribution in [-0.2, 0) is 11.2 Å². The van der Waals surface area contributed by atoms with Gasteiger partial charge in [-0.05, 0) is 31.6 Å². The van der Waals surface area contributed by atoms with Crippen LogP contribution >= 0.6 is 0 Å². The van der Waals surface area contributed by atoms with E-state index in [2.05, 4.69) is 10.2 Å². The summed E-state index contributed by atoms with van der Waals surface area (Å²) in [5.41, 5.74) is 2.80. The lowest BCUT2D eigenvalue weighted by Crippen LogP contribution is -2.07. The summed E-state index contributed by atoms with van der Waals surface area (Å²) in [6.45, 7) is 2.22. The summed E-state index contributed by atoms with van der Waals surface area (Å²) in [5.74, 6) is 1.08. The van der Waals surface area contributed by atoms with E-state index in [4.69, 9.17) is 4.74 Å². The normalized spacial score (nSPS) is 26.9. The van der Waals surface area contributed by atoms with Crippen molar-refractivity contribution in [2.75, 3.05) is 6.61 Å². The lowest BCUT2D eigenvalue weighted by molar-refractivity contribution is 0.0518. The summed E-state index contributed by atoms with van der Waals surface area (Å²) < 4.78 is 4.96. The van der Waals surface area contributed by atoms with Crippen molar-refractivity contribution in [1.82, 2.24) is 10.2 Å². The van der Waals surface area contributed by atoms with Gasteiger partial charge in [-0.3, -0.25) is 5.10 Å². The summed E-state index contributed by atoms with van der Waals surface area (Å²) in [7, 11) is 0. The van der Waals surface area contributed by atoms with Crippen molar-refractivity contribution in [2.24, 2.45) is 5.92 Å². The second-order valence-electron chi connectivity index (χ2n) is 3.99. The van der Waals surface area contributed by atoms with E-state index in [0.717, 1.165) is 23.6 Å². The van der Waals surface area contributed by atoms with Crippen molar-refractivity contribution in [3.8, 4) is 0 Å². The molecule has 0 aliphatic heterocycles. The van der Waals surface area contributed by atoms with Crippen LogP contribution in [0.2, 0.25) is 0 Å². The van der Waals surface area contributed by atoms with Crippen molar-refractivity contribution in [3.05, 3.63) is 17.0 Å². The number of ether oxygens (including phenoxy) is 1. The molecule has 4 nitrogen and oxygen atoms in total. The molecule has 1 heterocycles. The lowest BCUT2D eigenvalue weighted by Gasteiger charge is -1.99. The number of carbonyl (C=O) groups excluding carboxylic acids is 1. The fourth-order valence-corrected chi connectivity index (χ4v) is 2.39. The first-order valence-electron chi connectivity index (χ1n) is 5.05. The molecule has 4 heteroatoms. The molecule has 2 aliphatic rings. The van der Waals surface area contributed by atoms with Gasteiger partial charge in [-0.2, -0.15) is 5.10 Å². The van der Waals surface area contributed by atoms with E-state index in [1.165, 1.54) is 6.42 Å². The van der Waals surface area contributed by atoms with Gasteiger partial charge in [0, 0.05) is 11.3 Å². The first-order chi connectivity index (χ1) is 6.81. The molecular weight excluding hydrogens is 180 g/mol. The van der Waals surface area contributed by atoms with Gasteiger partial charge in [-0.25, -0.2) is 4.79 Å². The number of fused-ring (bicyclic) bond motifs is 3. The number of esters is 1. The Hall–Kier alpha value is -1.32. The van der Waals surface area contributed by atoms with Crippen LogP contribution in [0.25, 0.3) is 0 Å². The number of aromatic nitrogens is 2. The summed E-state index contributed by atoms with van der Waals surface area (Å²) in [6, 6.07) is 0. The zero-order chi connectivity index (χ0) is 9.71. The molecule has 1 fully saturated rings. The lowest BCUT2D eigenvalue weighted by atomic mass is 10.1. The Labute approximate surface area is 81.6 Å². The van der Waals surface area contributed by atoms with Crippen molar-refractivity contribution in [2.45, 2.75) is 25.7 Å². The second kappa shape index (κ2) is 2.59. The topological polar surface area (TPSA) is 55.0 Å². The summed E-state index contributed by atoms with van der Waals surface area (Å²) in [6.07, 6.45) is 2.28. The van der Waals surface area contributed by atoms with E-state index in [1.54, 1.807) is 0 Å². The van der Waals surface area contributed by atoms with Gasteiger partial charge >= 0.3 is 5.97 Å². The minimum absolute atomic E-state index is 0.280. The van der Waals surface area contributed by atoms with Gasteiger partial charge in [-0.1, -0.05) is 0 Å². The average molecular weight is 192 g/mol. The van der Waals surface area contributed by atoms with Crippen LogP contribution in [-0.4, -0.2) is 22.8 Å². The zero-order valence-corrected chi connectivity index (χ0v) is 8.04. The van der Waals surface area contributed by atoms with Crippen LogP contribution in [0.5, 0.6) is 0 Å². The maximum atomic E-state index is 11.5. The fraction of sp³-hybridized carbons (Fsp3) is 0.600. The molecule has 3 rings (SSSR count). The number of hydrogen-bond donors (Lipinski definition) is 1. The molecular formula is C10H12N2O2. The van der Waals surface area contributed by atoms with Crippen LogP contribution < -0.4 is 0 Å². The van der Waals surface area contributed by atoms with Gasteiger partial charge in [0.25, 0.3) is 0 Å². The molecule has 1 N–H and O–H groups in total. The van der Waals surface area contributed by atoms with Crippen molar-refractivity contribution < 1.29 is 9.53 Å². The van der Waals surface area contributed by atoms with Gasteiger partial charge in [0.05, 0.1) is 6.61 Å². The number of carbonyl (C=O) groups is 1. The van der Waals surface area contributed by atoms with E-state index in [-0.39, 0.29) is 5.97 Å². The minimum atomic E-state index is -0.280. The quantitative estimate of drug-likeness (QED) is 0.717. The van der Waals surface area contributed by atoms with Gasteiger partial charge in [0.1, 0.15) is 0 Å². The number of nitrogens with zero attached hydrogens (tertiary/aromatic N) is 1. The van der Waals surface area contributed by atoms with Gasteiger partial charge < -0.3 is 4.74 Å². The maximum absolute atomic E-state index is 11.5. The van der Waals surface area contributed by atoms with E-state index in [1.807, 2.05) is 6.92 Å². The number of H-pyrrole nitrogens is 1. The third-order valence-electron chi connectivity index (χ3n) is 3.11. The third kappa shape index (κ3) is 0.937. The summed E-state index contributed by atoms with van der Waals surface area (Å²) in [4.78, 5) is 11.5. The monoisotopic (exact) mass is 192 g/mol. The molecule has 0 amide bonds. The van der Waals surface area contributed by atoms with E-state index in [0.29, 0.717) is 18.2 Å². The molecule has 14 heavy (non-hydrogen) atoms. The summed E-state index contributed by atoms with van der Waals surface area (Å²) in [5, 5.41) is 6.97. The standard InChI is InChI=1S/C10H12N2O2/c1-2-14-10(13)9-8-6-3-5(6)4-7(8)11-12-9/h5-6H,2-4H2,1H3,(H,11,12)/t5-,6+/m0/s1. The van der Waals surface area contributed by atoms with Crippen molar-refractivity contribution in [1.29, 1.82) is 0 Å². The number of rotatable bonds is 2. The Morgan fingerprint density at radius 3 is 3.36 bits per heavy atom. The third-order valence-corrected chi connectivity index (χ3v) is 3.11. The molecule has 0 bridgehead atoms. The average Bonchev–Trinajstić information content (AvgIpc) is 2.65. The SMILES string of the molecule is CCOC(=O)c1n[nH]c2c1[C@@H]1C[C@H]1C2. The van der Waals surface area contributed by atoms with Crippen LogP contribution in [0, 0.1) is 5.92 Å². The molecule has 0 aromatic carbocycles. The van der Waals surface area contributed by atoms with Crippen molar-refractivity contribution >= 4 is 5.97 Å². The van der Waals surface area contributed by atoms with E-state index >= 15 is 0 Å². The summed E-state index contributed by atoms with van der Waals surface area (Å²) >= 11 is 0. The highest BCUT2D eigenvalue weighted by Crippen LogP contribution is 2.56. The molecule has 74 valence electrons. The Morgan fingerprint density at radius 2 is 2.57 bits per heavy atom. The van der Waals surface area contributed by atoms with Gasteiger partial charge in [0.2, 0.25) is 0 Å². The zero-order valence-electron chi connectivity index (χ0n) is 8.04. The predicted octanol–water partition coefficient (Wildman–Crippen LogP) is 1.25. The molecule has 0 radical (unpaired) electrons. The highest BCUT2D eigenvalue weighted by molar-refractivity contribution is 5.90. The van der Waals surface area contributed by atoms with Crippen LogP contribution in [0.4, 0.5) is 0 Å². The van der Waals surface area contributed by atoms with Crippen molar-refractivity contribution in [3.63, 3.8) is 0 Å². The highest BCUT2D eigenvalue weighted by Gasteiger charge is 2.49. The van der Waals surface area contributed by atoms with Gasteiger partial charge in [-0.15, -0.1) is 0 Å². The number of nitrogens with one attached hydrogen (secondary N) is 1. The molecule has 1 aromatic rings. The number of hydrogen-bond acceptors (Lipinski definition) is 3. The maximum Gasteiger partial charge on any atom is 0.359 e. The van der Waals surface area contributed by atoms with E-state index < -0.39 is 0 Å². The first-order valence-corrected chi connectivity index (χ1v) is 5.05. The van der Waals surface area contributed by atoms with E-state index in [9.17, 15) is 4.79 Å². The molecule has 0 spiro atoms. The molecule has 1 aromatic heterocycles. The molecule has 0 saturated heterocycles. The second-order valence-corrected chi connectivity index (χ2v) is 3.99. The molecule has 0 unspecified atom stereocenters. The first kappa shape index (κ1) is 8.03. The Bertz CT molecular complexity index is 397. The molecule has 2 atom stereocenters.